The van der Waals surface area contributed by atoms with Crippen LogP contribution in [0.5, 0.6) is 0 Å². The molecule has 1 saturated heterocycles. The summed E-state index contributed by atoms with van der Waals surface area (Å²) in [5.41, 5.74) is -0.0904. The first-order chi connectivity index (χ1) is 13.1. The first kappa shape index (κ1) is 17.8. The molecule has 1 fully saturated rings. The van der Waals surface area contributed by atoms with E-state index in [9.17, 15) is 4.79 Å². The van der Waals surface area contributed by atoms with Gasteiger partial charge in [0.25, 0.3) is 5.56 Å². The molecule has 9 nitrogen and oxygen atoms in total. The Morgan fingerprint density at radius 2 is 2.22 bits per heavy atom. The van der Waals surface area contributed by atoms with Gasteiger partial charge in [-0.2, -0.15) is 9.47 Å². The van der Waals surface area contributed by atoms with Gasteiger partial charge >= 0.3 is 0 Å². The third-order valence-corrected chi connectivity index (χ3v) is 5.61. The number of aromatic nitrogens is 6. The molecule has 3 aromatic heterocycles. The molecule has 0 bridgehead atoms. The van der Waals surface area contributed by atoms with Crippen LogP contribution in [-0.4, -0.2) is 60.3 Å². The van der Waals surface area contributed by atoms with Gasteiger partial charge in [-0.25, -0.2) is 14.6 Å². The average molecular weight is 386 g/mol. The van der Waals surface area contributed by atoms with Gasteiger partial charge in [0.1, 0.15) is 6.33 Å². The van der Waals surface area contributed by atoms with Crippen molar-refractivity contribution in [2.24, 2.45) is 0 Å². The Kier molecular flexibility index (Phi) is 4.99. The van der Waals surface area contributed by atoms with Crippen molar-refractivity contribution in [3.63, 3.8) is 0 Å². The van der Waals surface area contributed by atoms with Gasteiger partial charge in [-0.3, -0.25) is 14.3 Å². The van der Waals surface area contributed by atoms with Crippen LogP contribution in [0.15, 0.2) is 35.6 Å². The molecule has 27 heavy (non-hydrogen) atoms. The van der Waals surface area contributed by atoms with E-state index in [2.05, 4.69) is 24.3 Å². The fourth-order valence-corrected chi connectivity index (χ4v) is 3.88. The largest absolute Gasteiger partial charge is 0.353 e. The lowest BCUT2D eigenvalue weighted by Gasteiger charge is -2.23. The summed E-state index contributed by atoms with van der Waals surface area (Å²) in [5, 5.41) is 5.42. The first-order valence-corrected chi connectivity index (χ1v) is 9.68. The van der Waals surface area contributed by atoms with Gasteiger partial charge in [0.05, 0.1) is 13.1 Å². The van der Waals surface area contributed by atoms with Crippen molar-refractivity contribution in [2.75, 3.05) is 25.5 Å². The van der Waals surface area contributed by atoms with Gasteiger partial charge in [-0.1, -0.05) is 0 Å². The van der Waals surface area contributed by atoms with Gasteiger partial charge in [0, 0.05) is 50.1 Å². The Morgan fingerprint density at radius 3 is 2.96 bits per heavy atom. The maximum Gasteiger partial charge on any atom is 0.266 e. The molecule has 1 unspecified atom stereocenters. The third-order valence-electron chi connectivity index (χ3n) is 4.69. The van der Waals surface area contributed by atoms with E-state index >= 15 is 0 Å². The van der Waals surface area contributed by atoms with Gasteiger partial charge in [0.2, 0.25) is 5.13 Å². The van der Waals surface area contributed by atoms with E-state index in [1.807, 2.05) is 25.2 Å². The monoisotopic (exact) mass is 386 g/mol. The summed E-state index contributed by atoms with van der Waals surface area (Å²) in [6.45, 7) is 2.24. The highest BCUT2D eigenvalue weighted by Crippen LogP contribution is 2.22. The van der Waals surface area contributed by atoms with Crippen LogP contribution in [0.3, 0.4) is 0 Å². The molecule has 0 radical (unpaired) electrons. The fourth-order valence-electron chi connectivity index (χ4n) is 3.28. The first-order valence-electron chi connectivity index (χ1n) is 8.90. The van der Waals surface area contributed by atoms with Gasteiger partial charge in [0.15, 0.2) is 11.6 Å². The number of anilines is 1. The zero-order valence-electron chi connectivity index (χ0n) is 15.4. The molecular formula is C17H22N8OS. The van der Waals surface area contributed by atoms with E-state index in [-0.39, 0.29) is 11.6 Å². The molecule has 3 aromatic rings. The smallest absolute Gasteiger partial charge is 0.266 e. The average Bonchev–Trinajstić information content (AvgIpc) is 3.40. The highest BCUT2D eigenvalue weighted by molar-refractivity contribution is 7.09. The number of likely N-dealkylation sites (tertiary alicyclic amines) is 1. The molecule has 4 rings (SSSR count). The highest BCUT2D eigenvalue weighted by Gasteiger charge is 2.27. The lowest BCUT2D eigenvalue weighted by Crippen LogP contribution is -2.37. The minimum Gasteiger partial charge on any atom is -0.353 e. The second-order valence-electron chi connectivity index (χ2n) is 6.84. The second-order valence-corrected chi connectivity index (χ2v) is 7.57. The lowest BCUT2D eigenvalue weighted by atomic mass is 10.2. The van der Waals surface area contributed by atoms with Crippen LogP contribution in [0.2, 0.25) is 0 Å². The number of imidazole rings is 1. The van der Waals surface area contributed by atoms with Crippen molar-refractivity contribution in [3.8, 4) is 5.82 Å². The lowest BCUT2D eigenvalue weighted by molar-refractivity contribution is 0.212. The maximum atomic E-state index is 12.3. The fraction of sp³-hybridized carbons (Fsp3) is 0.471. The molecule has 10 heteroatoms. The SMILES string of the molecule is CN(C)c1nc(CN2CCCC2Cn2nc(-n3ccnc3)ccc2=O)ns1. The minimum absolute atomic E-state index is 0.0904. The van der Waals surface area contributed by atoms with Crippen LogP contribution >= 0.6 is 11.5 Å². The normalized spacial score (nSPS) is 17.5. The van der Waals surface area contributed by atoms with Crippen LogP contribution in [0.4, 0.5) is 5.13 Å². The highest BCUT2D eigenvalue weighted by atomic mass is 32.1. The van der Waals surface area contributed by atoms with Crippen LogP contribution in [0, 0.1) is 0 Å². The van der Waals surface area contributed by atoms with E-state index in [1.165, 1.54) is 11.5 Å². The molecule has 0 saturated carbocycles. The molecular weight excluding hydrogens is 364 g/mol. The third kappa shape index (κ3) is 3.91. The summed E-state index contributed by atoms with van der Waals surface area (Å²) in [6, 6.07) is 3.53. The van der Waals surface area contributed by atoms with Crippen molar-refractivity contribution < 1.29 is 0 Å². The molecule has 0 amide bonds. The van der Waals surface area contributed by atoms with Gasteiger partial charge in [-0.05, 0) is 25.5 Å². The number of hydrogen-bond acceptors (Lipinski definition) is 8. The summed E-state index contributed by atoms with van der Waals surface area (Å²) in [7, 11) is 3.93. The Morgan fingerprint density at radius 1 is 1.33 bits per heavy atom. The predicted molar refractivity (Wildman–Crippen MR) is 103 cm³/mol. The van der Waals surface area contributed by atoms with E-state index in [1.54, 1.807) is 33.9 Å². The quantitative estimate of drug-likeness (QED) is 0.625. The molecule has 1 aliphatic rings. The van der Waals surface area contributed by atoms with Crippen LogP contribution in [0.1, 0.15) is 18.7 Å². The van der Waals surface area contributed by atoms with Gasteiger partial charge in [-0.15, -0.1) is 0 Å². The van der Waals surface area contributed by atoms with Crippen LogP contribution < -0.4 is 10.5 Å². The molecule has 0 aliphatic carbocycles. The van der Waals surface area contributed by atoms with Crippen molar-refractivity contribution >= 4 is 16.7 Å². The zero-order valence-corrected chi connectivity index (χ0v) is 16.2. The topological polar surface area (TPSA) is 85.0 Å². The number of hydrogen-bond donors (Lipinski definition) is 0. The summed E-state index contributed by atoms with van der Waals surface area (Å²) < 4.78 is 7.81. The summed E-state index contributed by atoms with van der Waals surface area (Å²) >= 11 is 1.41. The van der Waals surface area contributed by atoms with Crippen molar-refractivity contribution in [2.45, 2.75) is 32.0 Å². The summed E-state index contributed by atoms with van der Waals surface area (Å²) in [6.07, 6.45) is 7.32. The maximum absolute atomic E-state index is 12.3. The van der Waals surface area contributed by atoms with Gasteiger partial charge < -0.3 is 4.90 Å². The van der Waals surface area contributed by atoms with E-state index in [4.69, 9.17) is 0 Å². The van der Waals surface area contributed by atoms with E-state index in [0.29, 0.717) is 18.9 Å². The van der Waals surface area contributed by atoms with E-state index in [0.717, 1.165) is 30.3 Å². The van der Waals surface area contributed by atoms with Crippen LogP contribution in [0.25, 0.3) is 5.82 Å². The van der Waals surface area contributed by atoms with Crippen molar-refractivity contribution in [3.05, 3.63) is 47.0 Å². The number of nitrogens with zero attached hydrogens (tertiary/aromatic N) is 8. The number of rotatable bonds is 6. The van der Waals surface area contributed by atoms with E-state index < -0.39 is 0 Å². The molecule has 0 N–H and O–H groups in total. The Hall–Kier alpha value is -2.59. The standard InChI is InChI=1S/C17H22N8OS/c1-22(2)17-19-14(21-27-17)11-23-8-3-4-13(23)10-25-16(26)6-5-15(20-25)24-9-7-18-12-24/h5-7,9,12-13H,3-4,8,10-11H2,1-2H3. The summed E-state index contributed by atoms with van der Waals surface area (Å²) in [4.78, 5) is 25.2. The Balaban J connectivity index is 1.49. The van der Waals surface area contributed by atoms with Crippen molar-refractivity contribution in [1.29, 1.82) is 0 Å². The Labute approximate surface area is 161 Å². The molecule has 0 aromatic carbocycles. The van der Waals surface area contributed by atoms with Crippen molar-refractivity contribution in [1.82, 2.24) is 33.6 Å². The van der Waals surface area contributed by atoms with Crippen LogP contribution in [-0.2, 0) is 13.1 Å². The molecule has 0 spiro atoms. The molecule has 142 valence electrons. The minimum atomic E-state index is -0.0904. The second kappa shape index (κ2) is 7.57. The summed E-state index contributed by atoms with van der Waals surface area (Å²) in [5.74, 6) is 1.52. The zero-order chi connectivity index (χ0) is 18.8. The molecule has 1 atom stereocenters. The molecule has 1 aliphatic heterocycles. The Bertz CT molecular complexity index is 948. The molecule has 4 heterocycles. The predicted octanol–water partition coefficient (Wildman–Crippen LogP) is 1.01.